The summed E-state index contributed by atoms with van der Waals surface area (Å²) in [7, 11) is 0. The Morgan fingerprint density at radius 2 is 1.81 bits per heavy atom. The molecular weight excluding hydrogens is 562 g/mol. The maximum atomic E-state index is 14.5. The van der Waals surface area contributed by atoms with Crippen LogP contribution in [-0.2, 0) is 14.4 Å². The smallest absolute Gasteiger partial charge is 0.247 e. The number of hydrogen-bond acceptors (Lipinski definition) is 6. The maximum Gasteiger partial charge on any atom is 0.247 e. The van der Waals surface area contributed by atoms with Crippen molar-refractivity contribution in [2.24, 2.45) is 17.8 Å². The van der Waals surface area contributed by atoms with Crippen molar-refractivity contribution in [3.63, 3.8) is 0 Å². The van der Waals surface area contributed by atoms with Crippen molar-refractivity contribution >= 4 is 35.2 Å². The van der Waals surface area contributed by atoms with Crippen LogP contribution in [0.4, 0.5) is 5.69 Å². The van der Waals surface area contributed by atoms with Gasteiger partial charge in [-0.15, -0.1) is 24.9 Å². The molecule has 0 radical (unpaired) electrons. The number of anilines is 1. The lowest BCUT2D eigenvalue weighted by molar-refractivity contribution is -0.142. The van der Waals surface area contributed by atoms with Gasteiger partial charge in [-0.3, -0.25) is 14.4 Å². The monoisotopic (exact) mass is 611 g/mol. The molecule has 1 N–H and O–H groups in total. The van der Waals surface area contributed by atoms with Crippen molar-refractivity contribution in [2.45, 2.75) is 75.3 Å². The Bertz CT molecular complexity index is 1160. The number of rotatable bonds is 17. The molecule has 1 spiro atoms. The van der Waals surface area contributed by atoms with E-state index >= 15 is 0 Å². The van der Waals surface area contributed by atoms with E-state index in [1.165, 1.54) is 0 Å². The Morgan fingerprint density at radius 3 is 2.44 bits per heavy atom. The zero-order valence-electron chi connectivity index (χ0n) is 26.1. The lowest BCUT2D eigenvalue weighted by atomic mass is 9.65. The Labute approximate surface area is 261 Å². The van der Waals surface area contributed by atoms with Gasteiger partial charge in [0.05, 0.1) is 23.2 Å². The summed E-state index contributed by atoms with van der Waals surface area (Å²) < 4.78 is 4.94. The van der Waals surface area contributed by atoms with E-state index in [0.29, 0.717) is 45.6 Å². The Kier molecular flexibility index (Phi) is 11.4. The minimum atomic E-state index is -0.666. The highest BCUT2D eigenvalue weighted by atomic mass is 32.2. The van der Waals surface area contributed by atoms with Crippen LogP contribution in [0.1, 0.15) is 59.3 Å². The first-order valence-corrected chi connectivity index (χ1v) is 16.8. The summed E-state index contributed by atoms with van der Waals surface area (Å²) in [5.41, 5.74) is 0.735. The lowest BCUT2D eigenvalue weighted by Crippen LogP contribution is -2.57. The summed E-state index contributed by atoms with van der Waals surface area (Å²) in [6.45, 7) is 16.4. The normalized spacial score (nSPS) is 27.2. The predicted octanol–water partition coefficient (Wildman–Crippen LogP) is 4.92. The number of benzene rings is 1. The predicted molar refractivity (Wildman–Crippen MR) is 173 cm³/mol. The van der Waals surface area contributed by atoms with Gasteiger partial charge < -0.3 is 24.5 Å². The van der Waals surface area contributed by atoms with Crippen molar-refractivity contribution in [1.29, 1.82) is 0 Å². The number of amides is 3. The molecule has 3 aliphatic rings. The lowest BCUT2D eigenvalue weighted by Gasteiger charge is -2.41. The van der Waals surface area contributed by atoms with Gasteiger partial charge in [0.2, 0.25) is 17.7 Å². The van der Waals surface area contributed by atoms with Crippen LogP contribution in [0, 0.1) is 17.8 Å². The van der Waals surface area contributed by atoms with Gasteiger partial charge >= 0.3 is 0 Å². The van der Waals surface area contributed by atoms with Crippen molar-refractivity contribution in [3.8, 4) is 5.75 Å². The number of nitrogens with zero attached hydrogens (tertiary/aromatic N) is 3. The largest absolute Gasteiger partial charge is 0.494 e. The molecule has 0 aliphatic carbocycles. The molecule has 2 bridgehead atoms. The molecule has 3 amide bonds. The van der Waals surface area contributed by atoms with Crippen LogP contribution in [0.5, 0.6) is 5.75 Å². The van der Waals surface area contributed by atoms with Crippen LogP contribution in [0.25, 0.3) is 0 Å². The minimum Gasteiger partial charge on any atom is -0.494 e. The molecule has 0 saturated carbocycles. The molecule has 8 nitrogen and oxygen atoms in total. The average Bonchev–Trinajstić information content (AvgIpc) is 3.59. The summed E-state index contributed by atoms with van der Waals surface area (Å²) in [5.74, 6) is -0.464. The molecule has 3 unspecified atom stereocenters. The quantitative estimate of drug-likeness (QED) is 0.199. The van der Waals surface area contributed by atoms with E-state index in [2.05, 4.69) is 27.0 Å². The molecule has 6 atom stereocenters. The number of likely N-dealkylation sites (tertiary alicyclic amines) is 1. The number of thioether (sulfide) groups is 1. The van der Waals surface area contributed by atoms with Gasteiger partial charge in [-0.1, -0.05) is 32.4 Å². The van der Waals surface area contributed by atoms with Gasteiger partial charge in [-0.05, 0) is 69.2 Å². The first-order chi connectivity index (χ1) is 20.8. The molecule has 3 saturated heterocycles. The van der Waals surface area contributed by atoms with Crippen molar-refractivity contribution in [3.05, 3.63) is 49.6 Å². The highest BCUT2D eigenvalue weighted by Crippen LogP contribution is 2.69. The zero-order chi connectivity index (χ0) is 31.1. The second-order valence-electron chi connectivity index (χ2n) is 12.0. The fourth-order valence-electron chi connectivity index (χ4n) is 7.38. The fraction of sp³-hybridized carbons (Fsp3) is 0.618. The number of carbonyl (C=O) groups is 3. The molecule has 1 aromatic rings. The summed E-state index contributed by atoms with van der Waals surface area (Å²) in [6, 6.07) is 6.84. The van der Waals surface area contributed by atoms with Crippen LogP contribution in [0.15, 0.2) is 49.6 Å². The molecular formula is C34H49N3O5S. The van der Waals surface area contributed by atoms with Crippen LogP contribution in [-0.4, -0.2) is 88.1 Å². The van der Waals surface area contributed by atoms with E-state index in [0.717, 1.165) is 37.1 Å². The number of unbranched alkanes of at least 4 members (excludes halogenated alkanes) is 3. The van der Waals surface area contributed by atoms with Gasteiger partial charge in [-0.25, -0.2) is 0 Å². The number of hydrogen-bond donors (Lipinski definition) is 1. The van der Waals surface area contributed by atoms with Crippen molar-refractivity contribution in [1.82, 2.24) is 9.80 Å². The standard InChI is InChI=1S/C34H49N3O5S/c1-6-10-20-35(18-7-2)33(41)30-34-24(5)23-27(43-34)28(29(34)32(40)37(30)21-12-11-13-22-38)31(39)36(19-8-3)25-14-16-26(17-15-25)42-9-4/h7-8,14-17,24,27-30,38H,2-3,6,9-13,18-23H2,1,4-5H3/t24?,27-,28+,29-,30?,34?/m0/s1. The van der Waals surface area contributed by atoms with E-state index in [9.17, 15) is 19.5 Å². The number of ether oxygens (including phenoxy) is 1. The van der Waals surface area contributed by atoms with Gasteiger partial charge in [0.25, 0.3) is 0 Å². The topological polar surface area (TPSA) is 90.4 Å². The zero-order valence-corrected chi connectivity index (χ0v) is 26.9. The van der Waals surface area contributed by atoms with Crippen LogP contribution in [0.2, 0.25) is 0 Å². The number of carbonyl (C=O) groups excluding carboxylic acids is 3. The second-order valence-corrected chi connectivity index (χ2v) is 13.5. The third-order valence-corrected chi connectivity index (χ3v) is 11.4. The number of aliphatic hydroxyl groups excluding tert-OH is 1. The molecule has 236 valence electrons. The first kappa shape index (κ1) is 33.1. The molecule has 3 aliphatic heterocycles. The molecule has 4 rings (SSSR count). The third-order valence-electron chi connectivity index (χ3n) is 9.30. The summed E-state index contributed by atoms with van der Waals surface area (Å²) in [6.07, 6.45) is 8.20. The summed E-state index contributed by atoms with van der Waals surface area (Å²) in [5, 5.41) is 9.29. The van der Waals surface area contributed by atoms with Gasteiger partial charge in [0, 0.05) is 43.7 Å². The first-order valence-electron chi connectivity index (χ1n) is 15.9. The van der Waals surface area contributed by atoms with E-state index in [-0.39, 0.29) is 35.5 Å². The van der Waals surface area contributed by atoms with Crippen LogP contribution < -0.4 is 9.64 Å². The molecule has 3 heterocycles. The van der Waals surface area contributed by atoms with Crippen molar-refractivity contribution in [2.75, 3.05) is 44.3 Å². The van der Waals surface area contributed by atoms with Crippen LogP contribution in [0.3, 0.4) is 0 Å². The van der Waals surface area contributed by atoms with Gasteiger partial charge in [0.15, 0.2) is 0 Å². The highest BCUT2D eigenvalue weighted by Gasteiger charge is 2.76. The molecule has 0 aromatic heterocycles. The van der Waals surface area contributed by atoms with Gasteiger partial charge in [0.1, 0.15) is 11.8 Å². The molecule has 1 aromatic carbocycles. The molecule has 9 heteroatoms. The van der Waals surface area contributed by atoms with E-state index in [1.54, 1.807) is 33.7 Å². The second kappa shape index (κ2) is 14.8. The maximum absolute atomic E-state index is 14.5. The Morgan fingerprint density at radius 1 is 1.09 bits per heavy atom. The van der Waals surface area contributed by atoms with E-state index in [4.69, 9.17) is 4.74 Å². The van der Waals surface area contributed by atoms with E-state index in [1.807, 2.05) is 36.1 Å². The summed E-state index contributed by atoms with van der Waals surface area (Å²) >= 11 is 1.71. The van der Waals surface area contributed by atoms with Crippen molar-refractivity contribution < 1.29 is 24.2 Å². The van der Waals surface area contributed by atoms with Gasteiger partial charge in [-0.2, -0.15) is 0 Å². The third kappa shape index (κ3) is 6.25. The van der Waals surface area contributed by atoms with Crippen LogP contribution >= 0.6 is 11.8 Å². The molecule has 3 fully saturated rings. The SMILES string of the molecule is C=CCN(CCCC)C(=O)C1N(CCCCCO)C(=O)[C@@H]2[C@H](C(=O)N(CC=C)c3ccc(OCC)cc3)[C@@H]3CC(C)C12S3. The fourth-order valence-corrected chi connectivity index (χ4v) is 9.79. The number of fused-ring (bicyclic) bond motifs is 1. The Hall–Kier alpha value is -2.78. The van der Waals surface area contributed by atoms with E-state index < -0.39 is 22.6 Å². The summed E-state index contributed by atoms with van der Waals surface area (Å²) in [4.78, 5) is 48.9. The number of aliphatic hydroxyl groups is 1. The average molecular weight is 612 g/mol. The molecule has 43 heavy (non-hydrogen) atoms. The minimum absolute atomic E-state index is 0.0334. The Balaban J connectivity index is 1.72. The highest BCUT2D eigenvalue weighted by molar-refractivity contribution is 8.02.